The molecule has 2 atom stereocenters. The van der Waals surface area contributed by atoms with E-state index in [2.05, 4.69) is 43.9 Å². The van der Waals surface area contributed by atoms with Gasteiger partial charge in [0.15, 0.2) is 0 Å². The SMILES string of the molecule is Cc1cc([C@H]2CN(C(C)(C)C)C[C@@H]2C#N)ccc1Cl. The summed E-state index contributed by atoms with van der Waals surface area (Å²) in [6.45, 7) is 10.4. The largest absolute Gasteiger partial charge is 0.297 e. The molecule has 0 amide bonds. The number of nitrogens with zero attached hydrogens (tertiary/aromatic N) is 2. The van der Waals surface area contributed by atoms with Crippen LogP contribution in [0, 0.1) is 24.2 Å². The van der Waals surface area contributed by atoms with Gasteiger partial charge in [-0.05, 0) is 44.9 Å². The van der Waals surface area contributed by atoms with Crippen LogP contribution in [-0.2, 0) is 0 Å². The van der Waals surface area contributed by atoms with Gasteiger partial charge in [0.05, 0.1) is 12.0 Å². The Morgan fingerprint density at radius 1 is 1.32 bits per heavy atom. The summed E-state index contributed by atoms with van der Waals surface area (Å²) >= 11 is 6.08. The predicted molar refractivity (Wildman–Crippen MR) is 79.4 cm³/mol. The lowest BCUT2D eigenvalue weighted by molar-refractivity contribution is 0.170. The van der Waals surface area contributed by atoms with E-state index in [4.69, 9.17) is 11.6 Å². The van der Waals surface area contributed by atoms with Crippen LogP contribution in [0.4, 0.5) is 0 Å². The van der Waals surface area contributed by atoms with Crippen molar-refractivity contribution in [1.29, 1.82) is 5.26 Å². The van der Waals surface area contributed by atoms with Crippen molar-refractivity contribution in [3.63, 3.8) is 0 Å². The lowest BCUT2D eigenvalue weighted by atomic mass is 9.89. The Kier molecular flexibility index (Phi) is 3.90. The Balaban J connectivity index is 2.28. The maximum Gasteiger partial charge on any atom is 0.0676 e. The van der Waals surface area contributed by atoms with Crippen LogP contribution in [0.3, 0.4) is 0 Å². The number of hydrogen-bond acceptors (Lipinski definition) is 2. The van der Waals surface area contributed by atoms with Crippen molar-refractivity contribution in [2.45, 2.75) is 39.2 Å². The number of likely N-dealkylation sites (tertiary alicyclic amines) is 1. The van der Waals surface area contributed by atoms with E-state index in [0.717, 1.165) is 23.7 Å². The Morgan fingerprint density at radius 3 is 2.53 bits per heavy atom. The van der Waals surface area contributed by atoms with Crippen molar-refractivity contribution < 1.29 is 0 Å². The van der Waals surface area contributed by atoms with E-state index in [0.29, 0.717) is 5.92 Å². The van der Waals surface area contributed by atoms with E-state index in [-0.39, 0.29) is 11.5 Å². The molecular weight excluding hydrogens is 256 g/mol. The highest BCUT2D eigenvalue weighted by Crippen LogP contribution is 2.36. The molecule has 0 spiro atoms. The number of benzene rings is 1. The zero-order valence-corrected chi connectivity index (χ0v) is 12.8. The van der Waals surface area contributed by atoms with Crippen LogP contribution >= 0.6 is 11.6 Å². The van der Waals surface area contributed by atoms with Crippen LogP contribution in [0.15, 0.2) is 18.2 Å². The van der Waals surface area contributed by atoms with Gasteiger partial charge in [-0.15, -0.1) is 0 Å². The van der Waals surface area contributed by atoms with Gasteiger partial charge in [0.25, 0.3) is 0 Å². The molecule has 0 N–H and O–H groups in total. The Labute approximate surface area is 121 Å². The molecule has 3 heteroatoms. The highest BCUT2D eigenvalue weighted by molar-refractivity contribution is 6.31. The minimum Gasteiger partial charge on any atom is -0.297 e. The molecule has 0 radical (unpaired) electrons. The highest BCUT2D eigenvalue weighted by Gasteiger charge is 2.38. The van der Waals surface area contributed by atoms with Gasteiger partial charge in [-0.2, -0.15) is 5.26 Å². The summed E-state index contributed by atoms with van der Waals surface area (Å²) < 4.78 is 0. The number of hydrogen-bond donors (Lipinski definition) is 0. The van der Waals surface area contributed by atoms with Crippen molar-refractivity contribution in [2.24, 2.45) is 5.92 Å². The van der Waals surface area contributed by atoms with Crippen molar-refractivity contribution in [1.82, 2.24) is 4.90 Å². The Bertz CT molecular complexity index is 510. The van der Waals surface area contributed by atoms with E-state index in [9.17, 15) is 5.26 Å². The predicted octanol–water partition coefficient (Wildman–Crippen LogP) is 3.99. The summed E-state index contributed by atoms with van der Waals surface area (Å²) in [5, 5.41) is 10.2. The average Bonchev–Trinajstić information content (AvgIpc) is 2.76. The average molecular weight is 277 g/mol. The minimum absolute atomic E-state index is 0.0693. The van der Waals surface area contributed by atoms with Crippen molar-refractivity contribution in [3.8, 4) is 6.07 Å². The van der Waals surface area contributed by atoms with Gasteiger partial charge in [-0.3, -0.25) is 4.90 Å². The first-order chi connectivity index (χ1) is 8.82. The maximum atomic E-state index is 9.40. The number of halogens is 1. The Morgan fingerprint density at radius 2 is 2.00 bits per heavy atom. The third kappa shape index (κ3) is 2.94. The summed E-state index contributed by atoms with van der Waals surface area (Å²) in [7, 11) is 0. The van der Waals surface area contributed by atoms with Crippen LogP contribution in [0.1, 0.15) is 37.8 Å². The number of rotatable bonds is 1. The van der Waals surface area contributed by atoms with Crippen LogP contribution in [0.5, 0.6) is 0 Å². The summed E-state index contributed by atoms with van der Waals surface area (Å²) in [4.78, 5) is 2.40. The van der Waals surface area contributed by atoms with E-state index in [1.54, 1.807) is 0 Å². The molecule has 0 unspecified atom stereocenters. The first-order valence-electron chi connectivity index (χ1n) is 6.73. The van der Waals surface area contributed by atoms with E-state index in [1.165, 1.54) is 5.56 Å². The van der Waals surface area contributed by atoms with Crippen LogP contribution in [0.2, 0.25) is 5.02 Å². The van der Waals surface area contributed by atoms with Gasteiger partial charge in [0, 0.05) is 29.6 Å². The van der Waals surface area contributed by atoms with Gasteiger partial charge in [-0.25, -0.2) is 0 Å². The van der Waals surface area contributed by atoms with Crippen molar-refractivity contribution >= 4 is 11.6 Å². The first kappa shape index (κ1) is 14.4. The van der Waals surface area contributed by atoms with Gasteiger partial charge >= 0.3 is 0 Å². The standard InChI is InChI=1S/C16H21ClN2/c1-11-7-12(5-6-15(11)17)14-10-19(16(2,3)4)9-13(14)8-18/h5-7,13-14H,9-10H2,1-4H3/t13-,14+/m0/s1. The molecule has 1 fully saturated rings. The molecule has 0 bridgehead atoms. The fraction of sp³-hybridized carbons (Fsp3) is 0.562. The smallest absolute Gasteiger partial charge is 0.0676 e. The molecule has 1 aliphatic heterocycles. The second-order valence-electron chi connectivity index (χ2n) is 6.43. The fourth-order valence-electron chi connectivity index (χ4n) is 2.72. The monoisotopic (exact) mass is 276 g/mol. The lowest BCUT2D eigenvalue weighted by Crippen LogP contribution is -2.39. The topological polar surface area (TPSA) is 27.0 Å². The zero-order valence-electron chi connectivity index (χ0n) is 12.1. The van der Waals surface area contributed by atoms with E-state index < -0.39 is 0 Å². The normalized spacial score (nSPS) is 24.4. The van der Waals surface area contributed by atoms with Crippen LogP contribution < -0.4 is 0 Å². The first-order valence-corrected chi connectivity index (χ1v) is 7.11. The third-order valence-electron chi connectivity index (χ3n) is 4.04. The van der Waals surface area contributed by atoms with E-state index in [1.807, 2.05) is 13.0 Å². The van der Waals surface area contributed by atoms with Crippen LogP contribution in [-0.4, -0.2) is 23.5 Å². The number of nitriles is 1. The van der Waals surface area contributed by atoms with Gasteiger partial charge in [0.2, 0.25) is 0 Å². The van der Waals surface area contributed by atoms with Crippen molar-refractivity contribution in [2.75, 3.05) is 13.1 Å². The maximum absolute atomic E-state index is 9.40. The highest BCUT2D eigenvalue weighted by atomic mass is 35.5. The molecule has 1 heterocycles. The molecule has 1 aliphatic rings. The summed E-state index contributed by atoms with van der Waals surface area (Å²) in [5.74, 6) is 0.361. The molecule has 0 saturated carbocycles. The molecule has 2 rings (SSSR count). The molecule has 0 aromatic heterocycles. The summed E-state index contributed by atoms with van der Waals surface area (Å²) in [6, 6.07) is 8.61. The summed E-state index contributed by atoms with van der Waals surface area (Å²) in [5.41, 5.74) is 2.44. The van der Waals surface area contributed by atoms with Crippen molar-refractivity contribution in [3.05, 3.63) is 34.3 Å². The molecule has 19 heavy (non-hydrogen) atoms. The van der Waals surface area contributed by atoms with Gasteiger partial charge < -0.3 is 0 Å². The molecule has 1 saturated heterocycles. The molecule has 1 aromatic carbocycles. The van der Waals surface area contributed by atoms with E-state index >= 15 is 0 Å². The quantitative estimate of drug-likeness (QED) is 0.776. The van der Waals surface area contributed by atoms with Gasteiger partial charge in [0.1, 0.15) is 0 Å². The fourth-order valence-corrected chi connectivity index (χ4v) is 2.84. The van der Waals surface area contributed by atoms with Gasteiger partial charge in [-0.1, -0.05) is 23.7 Å². The molecule has 1 aromatic rings. The summed E-state index contributed by atoms with van der Waals surface area (Å²) in [6.07, 6.45) is 0. The van der Waals surface area contributed by atoms with Crippen LogP contribution in [0.25, 0.3) is 0 Å². The third-order valence-corrected chi connectivity index (χ3v) is 4.47. The lowest BCUT2D eigenvalue weighted by Gasteiger charge is -2.31. The zero-order chi connectivity index (χ0) is 14.2. The minimum atomic E-state index is 0.0693. The molecule has 2 nitrogen and oxygen atoms in total. The second kappa shape index (κ2) is 5.15. The molecule has 102 valence electrons. The number of aryl methyl sites for hydroxylation is 1. The molecule has 0 aliphatic carbocycles. The Hall–Kier alpha value is -1.04. The second-order valence-corrected chi connectivity index (χ2v) is 6.83. The molecular formula is C16H21ClN2.